The van der Waals surface area contributed by atoms with E-state index in [9.17, 15) is 8.42 Å². The van der Waals surface area contributed by atoms with Crippen LogP contribution in [0.5, 0.6) is 0 Å². The van der Waals surface area contributed by atoms with Crippen LogP contribution in [0.2, 0.25) is 0 Å². The summed E-state index contributed by atoms with van der Waals surface area (Å²) in [5, 5.41) is 3.26. The summed E-state index contributed by atoms with van der Waals surface area (Å²) in [4.78, 5) is 4.05. The van der Waals surface area contributed by atoms with Crippen LogP contribution in [-0.2, 0) is 16.6 Å². The number of aromatic nitrogens is 1. The molecule has 0 aliphatic rings. The lowest BCUT2D eigenvalue weighted by molar-refractivity contribution is 0.587. The molecule has 0 radical (unpaired) electrons. The monoisotopic (exact) mass is 257 g/mol. The van der Waals surface area contributed by atoms with E-state index in [0.717, 1.165) is 5.56 Å². The second-order valence-corrected chi connectivity index (χ2v) is 6.33. The molecular formula is C11H19N3O2S. The largest absolute Gasteiger partial charge is 0.310 e. The van der Waals surface area contributed by atoms with E-state index in [2.05, 4.69) is 24.1 Å². The first-order chi connectivity index (χ1) is 7.80. The number of sulfonamides is 1. The van der Waals surface area contributed by atoms with Crippen molar-refractivity contribution in [3.8, 4) is 0 Å². The van der Waals surface area contributed by atoms with Crippen molar-refractivity contribution in [2.75, 3.05) is 17.6 Å². The number of nitrogens with one attached hydrogen (secondary N) is 1. The zero-order valence-corrected chi connectivity index (χ0v) is 11.5. The molecule has 0 saturated carbocycles. The predicted molar refractivity (Wildman–Crippen MR) is 69.5 cm³/mol. The van der Waals surface area contributed by atoms with Gasteiger partial charge in [0.05, 0.1) is 18.1 Å². The highest BCUT2D eigenvalue weighted by atomic mass is 32.2. The summed E-state index contributed by atoms with van der Waals surface area (Å²) in [7, 11) is -1.71. The molecule has 0 amide bonds. The van der Waals surface area contributed by atoms with E-state index >= 15 is 0 Å². The molecule has 1 aromatic heterocycles. The van der Waals surface area contributed by atoms with Gasteiger partial charge in [-0.25, -0.2) is 8.42 Å². The SMILES string of the molecule is CC(C)NCc1cncc(N(C)S(C)(=O)=O)c1. The fourth-order valence-corrected chi connectivity index (χ4v) is 1.74. The first-order valence-corrected chi connectivity index (χ1v) is 7.26. The molecule has 17 heavy (non-hydrogen) atoms. The Morgan fingerprint density at radius 3 is 2.59 bits per heavy atom. The summed E-state index contributed by atoms with van der Waals surface area (Å²) in [6.07, 6.45) is 4.45. The molecule has 0 saturated heterocycles. The summed E-state index contributed by atoms with van der Waals surface area (Å²) in [5.41, 5.74) is 1.54. The highest BCUT2D eigenvalue weighted by Gasteiger charge is 2.12. The second kappa shape index (κ2) is 5.46. The van der Waals surface area contributed by atoms with Crippen LogP contribution in [-0.4, -0.2) is 32.7 Å². The Kier molecular flexibility index (Phi) is 4.47. The summed E-state index contributed by atoms with van der Waals surface area (Å²) in [6.45, 7) is 4.79. The van der Waals surface area contributed by atoms with Gasteiger partial charge in [0.25, 0.3) is 0 Å². The quantitative estimate of drug-likeness (QED) is 0.854. The third-order valence-corrected chi connectivity index (χ3v) is 3.56. The minimum absolute atomic E-state index is 0.381. The lowest BCUT2D eigenvalue weighted by Crippen LogP contribution is -2.25. The van der Waals surface area contributed by atoms with Crippen molar-refractivity contribution in [1.82, 2.24) is 10.3 Å². The number of rotatable bonds is 5. The van der Waals surface area contributed by atoms with Gasteiger partial charge in [-0.15, -0.1) is 0 Å². The molecule has 0 aromatic carbocycles. The van der Waals surface area contributed by atoms with E-state index in [0.29, 0.717) is 18.3 Å². The van der Waals surface area contributed by atoms with Crippen LogP contribution in [0.3, 0.4) is 0 Å². The predicted octanol–water partition coefficient (Wildman–Crippen LogP) is 0.975. The summed E-state index contributed by atoms with van der Waals surface area (Å²) in [6, 6.07) is 2.20. The van der Waals surface area contributed by atoms with Gasteiger partial charge >= 0.3 is 0 Å². The molecule has 0 aliphatic carbocycles. The Hall–Kier alpha value is -1.14. The summed E-state index contributed by atoms with van der Waals surface area (Å²) >= 11 is 0. The Labute approximate surface area is 103 Å². The molecule has 1 aromatic rings. The smallest absolute Gasteiger partial charge is 0.232 e. The fourth-order valence-electron chi connectivity index (χ4n) is 1.26. The van der Waals surface area contributed by atoms with Crippen LogP contribution in [0.15, 0.2) is 18.5 Å². The minimum atomic E-state index is -3.23. The summed E-state index contributed by atoms with van der Waals surface area (Å²) < 4.78 is 24.0. The fraction of sp³-hybridized carbons (Fsp3) is 0.545. The van der Waals surface area contributed by atoms with Gasteiger partial charge in [-0.1, -0.05) is 13.8 Å². The maximum atomic E-state index is 11.4. The van der Waals surface area contributed by atoms with Gasteiger partial charge in [0.15, 0.2) is 0 Å². The van der Waals surface area contributed by atoms with E-state index in [-0.39, 0.29) is 0 Å². The molecule has 0 unspecified atom stereocenters. The number of hydrogen-bond acceptors (Lipinski definition) is 4. The van der Waals surface area contributed by atoms with Crippen molar-refractivity contribution >= 4 is 15.7 Å². The van der Waals surface area contributed by atoms with Crippen molar-refractivity contribution in [1.29, 1.82) is 0 Å². The number of anilines is 1. The van der Waals surface area contributed by atoms with Crippen molar-refractivity contribution < 1.29 is 8.42 Å². The number of pyridine rings is 1. The first kappa shape index (κ1) is 13.9. The molecule has 0 bridgehead atoms. The van der Waals surface area contributed by atoms with Crippen molar-refractivity contribution in [3.05, 3.63) is 24.0 Å². The zero-order valence-electron chi connectivity index (χ0n) is 10.6. The van der Waals surface area contributed by atoms with Crippen LogP contribution in [0.4, 0.5) is 5.69 Å². The van der Waals surface area contributed by atoms with E-state index in [4.69, 9.17) is 0 Å². The number of nitrogens with zero attached hydrogens (tertiary/aromatic N) is 2. The van der Waals surface area contributed by atoms with E-state index in [1.54, 1.807) is 12.4 Å². The maximum absolute atomic E-state index is 11.4. The van der Waals surface area contributed by atoms with Crippen molar-refractivity contribution in [2.45, 2.75) is 26.4 Å². The first-order valence-electron chi connectivity index (χ1n) is 5.42. The molecule has 1 heterocycles. The van der Waals surface area contributed by atoms with Crippen LogP contribution in [0, 0.1) is 0 Å². The van der Waals surface area contributed by atoms with Crippen LogP contribution < -0.4 is 9.62 Å². The van der Waals surface area contributed by atoms with E-state index < -0.39 is 10.0 Å². The lowest BCUT2D eigenvalue weighted by Gasteiger charge is -2.17. The third kappa shape index (κ3) is 4.32. The van der Waals surface area contributed by atoms with Crippen molar-refractivity contribution in [3.63, 3.8) is 0 Å². The average molecular weight is 257 g/mol. The zero-order chi connectivity index (χ0) is 13.1. The van der Waals surface area contributed by atoms with Gasteiger partial charge in [0.2, 0.25) is 10.0 Å². The van der Waals surface area contributed by atoms with Crippen LogP contribution in [0.25, 0.3) is 0 Å². The highest BCUT2D eigenvalue weighted by Crippen LogP contribution is 2.15. The van der Waals surface area contributed by atoms with E-state index in [1.807, 2.05) is 6.07 Å². The molecule has 1 N–H and O–H groups in total. The Morgan fingerprint density at radius 1 is 1.41 bits per heavy atom. The van der Waals surface area contributed by atoms with Gasteiger partial charge in [0, 0.05) is 25.8 Å². The highest BCUT2D eigenvalue weighted by molar-refractivity contribution is 7.92. The standard InChI is InChI=1S/C11H19N3O2S/c1-9(2)13-7-10-5-11(8-12-6-10)14(3)17(4,15)16/h5-6,8-9,13H,7H2,1-4H3. The molecule has 5 nitrogen and oxygen atoms in total. The van der Waals surface area contributed by atoms with Gasteiger partial charge in [-0.05, 0) is 11.6 Å². The molecular weight excluding hydrogens is 238 g/mol. The van der Waals surface area contributed by atoms with Gasteiger partial charge < -0.3 is 5.32 Å². The Balaban J connectivity index is 2.86. The van der Waals surface area contributed by atoms with E-state index in [1.165, 1.54) is 17.6 Å². The molecule has 0 spiro atoms. The molecule has 1 rings (SSSR count). The van der Waals surface area contributed by atoms with Gasteiger partial charge in [-0.2, -0.15) is 0 Å². The normalized spacial score (nSPS) is 11.8. The Bertz CT molecular complexity index is 471. The molecule has 0 aliphatic heterocycles. The number of hydrogen-bond donors (Lipinski definition) is 1. The third-order valence-electron chi connectivity index (χ3n) is 2.36. The Morgan fingerprint density at radius 2 is 2.06 bits per heavy atom. The molecule has 6 heteroatoms. The topological polar surface area (TPSA) is 62.3 Å². The van der Waals surface area contributed by atoms with Crippen LogP contribution >= 0.6 is 0 Å². The van der Waals surface area contributed by atoms with Crippen LogP contribution in [0.1, 0.15) is 19.4 Å². The molecule has 0 fully saturated rings. The van der Waals surface area contributed by atoms with Gasteiger partial charge in [0.1, 0.15) is 0 Å². The van der Waals surface area contributed by atoms with Crippen molar-refractivity contribution in [2.24, 2.45) is 0 Å². The summed E-state index contributed by atoms with van der Waals surface area (Å²) in [5.74, 6) is 0. The minimum Gasteiger partial charge on any atom is -0.310 e. The lowest BCUT2D eigenvalue weighted by atomic mass is 10.2. The molecule has 0 atom stereocenters. The molecule has 96 valence electrons. The van der Waals surface area contributed by atoms with Gasteiger partial charge in [-0.3, -0.25) is 9.29 Å². The average Bonchev–Trinajstić information content (AvgIpc) is 2.24. The maximum Gasteiger partial charge on any atom is 0.232 e. The second-order valence-electron chi connectivity index (χ2n) is 4.32.